The second-order valence-corrected chi connectivity index (χ2v) is 9.06. The Morgan fingerprint density at radius 3 is 2.33 bits per heavy atom. The Labute approximate surface area is 194 Å². The van der Waals surface area contributed by atoms with Crippen molar-refractivity contribution in [3.63, 3.8) is 0 Å². The van der Waals surface area contributed by atoms with Crippen LogP contribution in [0.15, 0.2) is 72.3 Å². The predicted octanol–water partition coefficient (Wildman–Crippen LogP) is 8.34. The molecular weight excluding hydrogens is 421 g/mol. The molecule has 174 valence electrons. The highest BCUT2D eigenvalue weighted by atomic mass is 19.2. The molecule has 4 unspecified atom stereocenters. The fourth-order valence-electron chi connectivity index (χ4n) is 4.65. The molecule has 0 N–H and O–H groups in total. The van der Waals surface area contributed by atoms with Gasteiger partial charge in [-0.25, -0.2) is 13.2 Å². The molecule has 1 nitrogen and oxygen atoms in total. The van der Waals surface area contributed by atoms with Gasteiger partial charge in [-0.05, 0) is 79.4 Å². The molecule has 2 aliphatic rings. The summed E-state index contributed by atoms with van der Waals surface area (Å²) in [6.07, 6.45) is 8.05. The zero-order chi connectivity index (χ0) is 23.4. The van der Waals surface area contributed by atoms with Crippen molar-refractivity contribution in [1.29, 1.82) is 0 Å². The predicted molar refractivity (Wildman–Crippen MR) is 129 cm³/mol. The smallest absolute Gasteiger partial charge is 0.161 e. The number of allylic oxidation sites excluding steroid dienone is 6. The minimum atomic E-state index is -1.67. The molecular formula is C29H31F3O. The Hall–Kier alpha value is -2.59. The quantitative estimate of drug-likeness (QED) is 0.400. The van der Waals surface area contributed by atoms with Crippen molar-refractivity contribution in [3.8, 4) is 11.1 Å². The van der Waals surface area contributed by atoms with E-state index in [1.807, 2.05) is 31.2 Å². The largest absolute Gasteiger partial charge is 0.373 e. The lowest BCUT2D eigenvalue weighted by molar-refractivity contribution is -0.0207. The molecule has 0 radical (unpaired) electrons. The fourth-order valence-corrected chi connectivity index (χ4v) is 4.65. The average molecular weight is 453 g/mol. The van der Waals surface area contributed by atoms with Crippen LogP contribution in [0.25, 0.3) is 16.7 Å². The van der Waals surface area contributed by atoms with Crippen LogP contribution in [0.3, 0.4) is 0 Å². The summed E-state index contributed by atoms with van der Waals surface area (Å²) in [5.74, 6) is 0.266. The van der Waals surface area contributed by atoms with Crippen molar-refractivity contribution < 1.29 is 17.9 Å². The minimum absolute atomic E-state index is 0.204. The zero-order valence-corrected chi connectivity index (χ0v) is 19.2. The second-order valence-electron chi connectivity index (χ2n) is 9.06. The van der Waals surface area contributed by atoms with Gasteiger partial charge in [0.1, 0.15) is 5.82 Å². The first-order valence-electron chi connectivity index (χ1n) is 11.8. The fraction of sp³-hybridized carbons (Fsp3) is 0.379. The van der Waals surface area contributed by atoms with Gasteiger partial charge in [0, 0.05) is 5.56 Å². The molecule has 1 aliphatic carbocycles. The van der Waals surface area contributed by atoms with Gasteiger partial charge in [0.15, 0.2) is 12.3 Å². The normalized spacial score (nSPS) is 25.7. The number of ether oxygens (including phenoxy) is 1. The number of hydrogen-bond acceptors (Lipinski definition) is 1. The van der Waals surface area contributed by atoms with Crippen molar-refractivity contribution in [2.45, 2.75) is 58.0 Å². The molecule has 2 aromatic carbocycles. The van der Waals surface area contributed by atoms with Crippen LogP contribution in [0.5, 0.6) is 0 Å². The van der Waals surface area contributed by atoms with Crippen LogP contribution >= 0.6 is 0 Å². The summed E-state index contributed by atoms with van der Waals surface area (Å²) in [6.45, 7) is 4.29. The molecule has 0 amide bonds. The van der Waals surface area contributed by atoms with Gasteiger partial charge >= 0.3 is 0 Å². The Bertz CT molecular complexity index is 1040. The van der Waals surface area contributed by atoms with Crippen LogP contribution in [0.4, 0.5) is 13.2 Å². The van der Waals surface area contributed by atoms with Crippen molar-refractivity contribution >= 4 is 5.57 Å². The number of halogens is 3. The van der Waals surface area contributed by atoms with E-state index in [0.717, 1.165) is 36.8 Å². The van der Waals surface area contributed by atoms with Crippen molar-refractivity contribution in [2.24, 2.45) is 5.92 Å². The zero-order valence-electron chi connectivity index (χ0n) is 19.2. The molecule has 0 aromatic heterocycles. The van der Waals surface area contributed by atoms with E-state index in [1.54, 1.807) is 31.2 Å². The molecule has 0 saturated carbocycles. The van der Waals surface area contributed by atoms with E-state index >= 15 is 0 Å². The monoisotopic (exact) mass is 452 g/mol. The Balaban J connectivity index is 1.43. The molecule has 1 heterocycles. The van der Waals surface area contributed by atoms with Gasteiger partial charge in [-0.15, -0.1) is 0 Å². The summed E-state index contributed by atoms with van der Waals surface area (Å²) in [4.78, 5) is 0. The maximum Gasteiger partial charge on any atom is 0.161 e. The highest BCUT2D eigenvalue weighted by molar-refractivity contribution is 5.75. The lowest BCUT2D eigenvalue weighted by Crippen LogP contribution is -2.22. The topological polar surface area (TPSA) is 9.23 Å². The Morgan fingerprint density at radius 1 is 0.939 bits per heavy atom. The van der Waals surface area contributed by atoms with E-state index in [0.29, 0.717) is 34.8 Å². The number of benzene rings is 2. The molecule has 1 fully saturated rings. The van der Waals surface area contributed by atoms with Crippen LogP contribution < -0.4 is 0 Å². The van der Waals surface area contributed by atoms with Gasteiger partial charge in [0.05, 0.1) is 12.7 Å². The van der Waals surface area contributed by atoms with Crippen LogP contribution in [-0.4, -0.2) is 19.0 Å². The first-order valence-corrected chi connectivity index (χ1v) is 11.8. The van der Waals surface area contributed by atoms with Gasteiger partial charge in [0.25, 0.3) is 0 Å². The summed E-state index contributed by atoms with van der Waals surface area (Å²) in [7, 11) is 0. The molecule has 1 aliphatic heterocycles. The van der Waals surface area contributed by atoms with Gasteiger partial charge in [-0.2, -0.15) is 0 Å². The van der Waals surface area contributed by atoms with E-state index in [9.17, 15) is 13.2 Å². The van der Waals surface area contributed by atoms with Gasteiger partial charge < -0.3 is 4.74 Å². The van der Waals surface area contributed by atoms with E-state index in [-0.39, 0.29) is 11.9 Å². The third-order valence-electron chi connectivity index (χ3n) is 6.76. The van der Waals surface area contributed by atoms with Crippen LogP contribution in [0.2, 0.25) is 0 Å². The summed E-state index contributed by atoms with van der Waals surface area (Å²) < 4.78 is 49.4. The first kappa shape index (κ1) is 23.6. The van der Waals surface area contributed by atoms with E-state index in [2.05, 4.69) is 12.2 Å². The van der Waals surface area contributed by atoms with Crippen LogP contribution in [-0.2, 0) is 4.74 Å². The van der Waals surface area contributed by atoms with Crippen LogP contribution in [0.1, 0.15) is 56.8 Å². The average Bonchev–Trinajstić information content (AvgIpc) is 2.83. The third-order valence-corrected chi connectivity index (χ3v) is 6.76. The molecule has 0 spiro atoms. The lowest BCUT2D eigenvalue weighted by atomic mass is 9.89. The third kappa shape index (κ3) is 5.33. The lowest BCUT2D eigenvalue weighted by Gasteiger charge is -2.29. The van der Waals surface area contributed by atoms with Crippen LogP contribution in [0, 0.1) is 11.7 Å². The molecule has 33 heavy (non-hydrogen) atoms. The molecule has 0 bridgehead atoms. The summed E-state index contributed by atoms with van der Waals surface area (Å²) in [5.41, 5.74) is 3.54. The number of hydrogen-bond donors (Lipinski definition) is 0. The highest BCUT2D eigenvalue weighted by Gasteiger charge is 2.29. The first-order chi connectivity index (χ1) is 16.0. The van der Waals surface area contributed by atoms with Gasteiger partial charge in [-0.3, -0.25) is 0 Å². The van der Waals surface area contributed by atoms with E-state index in [4.69, 9.17) is 4.74 Å². The summed E-state index contributed by atoms with van der Waals surface area (Å²) >= 11 is 0. The second kappa shape index (κ2) is 10.6. The molecule has 4 rings (SSSR count). The number of rotatable bonds is 6. The number of alkyl halides is 2. The maximum atomic E-state index is 15.0. The molecule has 1 saturated heterocycles. The van der Waals surface area contributed by atoms with E-state index in [1.165, 1.54) is 6.07 Å². The molecule has 2 aromatic rings. The standard InChI is InChI=1S/C29H31F3O/c1-3-4-5-6-20-8-16-27(33-18-20)25-15-13-23(17-26(25)30)21-9-11-22(12-10-21)24-14-7-19(2)28(31)29(24)32/h3-4,7,9-15,17,20,27-29H,5-6,8,16,18H2,1-2H3/b4-3+. The maximum absolute atomic E-state index is 15.0. The Morgan fingerprint density at radius 2 is 1.67 bits per heavy atom. The molecule has 4 heteroatoms. The Kier molecular flexibility index (Phi) is 7.54. The summed E-state index contributed by atoms with van der Waals surface area (Å²) in [6, 6.07) is 12.4. The van der Waals surface area contributed by atoms with Gasteiger partial charge in [-0.1, -0.05) is 60.7 Å². The SMILES string of the molecule is C/C=C/CCC1CCC(c2ccc(-c3ccc(C4=CC=C(C)C(F)C4F)cc3)cc2F)OC1. The minimum Gasteiger partial charge on any atom is -0.373 e. The van der Waals surface area contributed by atoms with Gasteiger partial charge in [0.2, 0.25) is 0 Å². The highest BCUT2D eigenvalue weighted by Crippen LogP contribution is 2.36. The van der Waals surface area contributed by atoms with Crippen molar-refractivity contribution in [3.05, 3.63) is 89.3 Å². The van der Waals surface area contributed by atoms with Crippen molar-refractivity contribution in [2.75, 3.05) is 6.61 Å². The van der Waals surface area contributed by atoms with E-state index < -0.39 is 12.3 Å². The summed E-state index contributed by atoms with van der Waals surface area (Å²) in [5, 5.41) is 0. The van der Waals surface area contributed by atoms with Crippen molar-refractivity contribution in [1.82, 2.24) is 0 Å². The molecule has 4 atom stereocenters.